The van der Waals surface area contributed by atoms with Crippen molar-refractivity contribution in [2.75, 3.05) is 0 Å². The van der Waals surface area contributed by atoms with Crippen LogP contribution in [0.4, 0.5) is 0 Å². The normalized spacial score (nSPS) is 11.7. The van der Waals surface area contributed by atoms with Crippen LogP contribution in [0.5, 0.6) is 0 Å². The van der Waals surface area contributed by atoms with E-state index in [4.69, 9.17) is 0 Å². The van der Waals surface area contributed by atoms with Gasteiger partial charge in [-0.05, 0) is 41.9 Å². The zero-order chi connectivity index (χ0) is 14.0. The molecule has 6 nitrogen and oxygen atoms in total. The zero-order valence-electron chi connectivity index (χ0n) is 10.5. The van der Waals surface area contributed by atoms with Crippen molar-refractivity contribution < 1.29 is 8.42 Å². The average molecular weight is 345 g/mol. The summed E-state index contributed by atoms with van der Waals surface area (Å²) in [5.74, 6) is 0.919. The fourth-order valence-corrected chi connectivity index (χ4v) is 4.05. The molecule has 2 heterocycles. The summed E-state index contributed by atoms with van der Waals surface area (Å²) in [6.45, 7) is 4.35. The largest absolute Gasteiger partial charge is 0.315 e. The van der Waals surface area contributed by atoms with E-state index >= 15 is 0 Å². The van der Waals surface area contributed by atoms with Crippen molar-refractivity contribution in [1.29, 1.82) is 0 Å². The fraction of sp³-hybridized carbons (Fsp3) is 0.364. The van der Waals surface area contributed by atoms with Crippen molar-refractivity contribution in [2.45, 2.75) is 31.2 Å². The molecule has 0 atom stereocenters. The van der Waals surface area contributed by atoms with Gasteiger partial charge in [-0.3, -0.25) is 0 Å². The van der Waals surface area contributed by atoms with Crippen molar-refractivity contribution in [3.8, 4) is 0 Å². The minimum atomic E-state index is -3.54. The van der Waals surface area contributed by atoms with Crippen LogP contribution in [0.25, 0.3) is 0 Å². The lowest BCUT2D eigenvalue weighted by Crippen LogP contribution is -2.13. The molecule has 0 amide bonds. The summed E-state index contributed by atoms with van der Waals surface area (Å²) in [7, 11) is -3.54. The number of pyridine rings is 1. The van der Waals surface area contributed by atoms with E-state index in [0.717, 1.165) is 0 Å². The number of rotatable bonds is 4. The van der Waals surface area contributed by atoms with Gasteiger partial charge in [0.1, 0.15) is 17.4 Å². The first kappa shape index (κ1) is 14.1. The highest BCUT2D eigenvalue weighted by atomic mass is 79.9. The van der Waals surface area contributed by atoms with E-state index in [1.54, 1.807) is 23.6 Å². The lowest BCUT2D eigenvalue weighted by Gasteiger charge is -2.07. The van der Waals surface area contributed by atoms with Crippen molar-refractivity contribution in [3.05, 3.63) is 34.5 Å². The molecular formula is C11H13BrN4O2S. The molecule has 0 aliphatic heterocycles. The first-order valence-electron chi connectivity index (χ1n) is 5.67. The molecule has 0 bridgehead atoms. The Bertz CT molecular complexity index is 696. The van der Waals surface area contributed by atoms with Gasteiger partial charge in [0.2, 0.25) is 9.84 Å². The molecular weight excluding hydrogens is 332 g/mol. The zero-order valence-corrected chi connectivity index (χ0v) is 12.9. The molecule has 0 fully saturated rings. The van der Waals surface area contributed by atoms with Gasteiger partial charge in [-0.2, -0.15) is 0 Å². The summed E-state index contributed by atoms with van der Waals surface area (Å²) < 4.78 is 26.9. The molecule has 0 saturated heterocycles. The van der Waals surface area contributed by atoms with Crippen molar-refractivity contribution in [2.24, 2.45) is 0 Å². The quantitative estimate of drug-likeness (QED) is 0.843. The maximum Gasteiger partial charge on any atom is 0.204 e. The van der Waals surface area contributed by atoms with Gasteiger partial charge in [0.15, 0.2) is 5.03 Å². The van der Waals surface area contributed by atoms with Crippen molar-refractivity contribution >= 4 is 25.8 Å². The molecule has 0 unspecified atom stereocenters. The van der Waals surface area contributed by atoms with Crippen molar-refractivity contribution in [3.63, 3.8) is 0 Å². The van der Waals surface area contributed by atoms with Crippen LogP contribution >= 0.6 is 15.9 Å². The van der Waals surface area contributed by atoms with Crippen LogP contribution in [0.3, 0.4) is 0 Å². The molecule has 2 rings (SSSR count). The third-order valence-electron chi connectivity index (χ3n) is 2.67. The van der Waals surface area contributed by atoms with E-state index in [1.165, 1.54) is 6.20 Å². The number of halogens is 1. The van der Waals surface area contributed by atoms with Gasteiger partial charge in [0.25, 0.3) is 0 Å². The van der Waals surface area contributed by atoms with Crippen LogP contribution in [-0.4, -0.2) is 28.2 Å². The minimum absolute atomic E-state index is 0.0262. The number of aryl methyl sites for hydroxylation is 1. The molecule has 0 saturated carbocycles. The summed E-state index contributed by atoms with van der Waals surface area (Å²) in [4.78, 5) is 3.92. The van der Waals surface area contributed by atoms with Gasteiger partial charge < -0.3 is 4.57 Å². The maximum absolute atomic E-state index is 12.3. The van der Waals surface area contributed by atoms with E-state index in [2.05, 4.69) is 31.1 Å². The van der Waals surface area contributed by atoms with E-state index in [9.17, 15) is 8.42 Å². The molecule has 102 valence electrons. The first-order valence-corrected chi connectivity index (χ1v) is 8.12. The summed E-state index contributed by atoms with van der Waals surface area (Å²) in [5.41, 5.74) is 0. The molecule has 0 aliphatic carbocycles. The third-order valence-corrected chi connectivity index (χ3v) is 5.12. The van der Waals surface area contributed by atoms with E-state index < -0.39 is 9.84 Å². The number of sulfone groups is 1. The van der Waals surface area contributed by atoms with E-state index in [-0.39, 0.29) is 10.8 Å². The Morgan fingerprint density at radius 2 is 2.11 bits per heavy atom. The Hall–Kier alpha value is -1.28. The second-order valence-corrected chi connectivity index (χ2v) is 6.72. The third kappa shape index (κ3) is 2.84. The lowest BCUT2D eigenvalue weighted by atomic mass is 10.5. The number of aromatic nitrogens is 4. The van der Waals surface area contributed by atoms with Crippen LogP contribution < -0.4 is 0 Å². The Morgan fingerprint density at radius 1 is 1.37 bits per heavy atom. The Labute approximate surface area is 119 Å². The molecule has 0 N–H and O–H groups in total. The molecule has 8 heteroatoms. The number of nitrogens with zero attached hydrogens (tertiary/aromatic N) is 4. The van der Waals surface area contributed by atoms with Crippen LogP contribution in [-0.2, 0) is 22.1 Å². The summed E-state index contributed by atoms with van der Waals surface area (Å²) in [6.07, 6.45) is 1.45. The molecule has 2 aromatic rings. The van der Waals surface area contributed by atoms with Gasteiger partial charge in [0.05, 0.1) is 4.47 Å². The lowest BCUT2D eigenvalue weighted by molar-refractivity contribution is 0.586. The predicted molar refractivity (Wildman–Crippen MR) is 73.3 cm³/mol. The molecule has 0 aliphatic rings. The van der Waals surface area contributed by atoms with E-state index in [1.807, 2.05) is 6.92 Å². The van der Waals surface area contributed by atoms with Gasteiger partial charge >= 0.3 is 0 Å². The second-order valence-electron chi connectivity index (χ2n) is 3.96. The predicted octanol–water partition coefficient (Wildman–Crippen LogP) is 1.74. The topological polar surface area (TPSA) is 77.7 Å². The smallest absolute Gasteiger partial charge is 0.204 e. The molecule has 0 aromatic carbocycles. The van der Waals surface area contributed by atoms with Crippen LogP contribution in [0.2, 0.25) is 0 Å². The number of hydrogen-bond acceptors (Lipinski definition) is 5. The Balaban J connectivity index is 2.40. The summed E-state index contributed by atoms with van der Waals surface area (Å²) >= 11 is 3.20. The highest BCUT2D eigenvalue weighted by Crippen LogP contribution is 2.22. The molecule has 19 heavy (non-hydrogen) atoms. The summed E-state index contributed by atoms with van der Waals surface area (Å²) in [5, 5.41) is 7.85. The maximum atomic E-state index is 12.3. The fourth-order valence-electron chi connectivity index (χ4n) is 1.78. The van der Waals surface area contributed by atoms with Gasteiger partial charge in [0, 0.05) is 12.7 Å². The summed E-state index contributed by atoms with van der Waals surface area (Å²) in [6, 6.07) is 3.32. The Kier molecular flexibility index (Phi) is 4.00. The average Bonchev–Trinajstić information content (AvgIpc) is 2.69. The monoisotopic (exact) mass is 344 g/mol. The standard InChI is InChI=1S/C11H13BrN4O2S/c1-3-16-8(2)14-15-10(16)7-19(17,18)11-9(12)5-4-6-13-11/h4-6H,3,7H2,1-2H3. The van der Waals surface area contributed by atoms with E-state index in [0.29, 0.717) is 22.7 Å². The highest BCUT2D eigenvalue weighted by molar-refractivity contribution is 9.10. The van der Waals surface area contributed by atoms with Crippen LogP contribution in [0.15, 0.2) is 27.8 Å². The highest BCUT2D eigenvalue weighted by Gasteiger charge is 2.23. The van der Waals surface area contributed by atoms with Gasteiger partial charge in [-0.15, -0.1) is 10.2 Å². The molecule has 0 radical (unpaired) electrons. The Morgan fingerprint density at radius 3 is 2.74 bits per heavy atom. The number of hydrogen-bond donors (Lipinski definition) is 0. The van der Waals surface area contributed by atoms with Gasteiger partial charge in [-0.25, -0.2) is 13.4 Å². The van der Waals surface area contributed by atoms with Crippen molar-refractivity contribution in [1.82, 2.24) is 19.7 Å². The molecule has 0 spiro atoms. The van der Waals surface area contributed by atoms with Crippen LogP contribution in [0.1, 0.15) is 18.6 Å². The second kappa shape index (κ2) is 5.38. The SMILES string of the molecule is CCn1c(C)nnc1CS(=O)(=O)c1ncccc1Br. The van der Waals surface area contributed by atoms with Gasteiger partial charge in [-0.1, -0.05) is 0 Å². The van der Waals surface area contributed by atoms with Crippen LogP contribution in [0, 0.1) is 6.92 Å². The first-order chi connectivity index (χ1) is 8.95. The molecule has 2 aromatic heterocycles. The minimum Gasteiger partial charge on any atom is -0.315 e.